The van der Waals surface area contributed by atoms with Crippen LogP contribution in [0.2, 0.25) is 0 Å². The average Bonchev–Trinajstić information content (AvgIpc) is 2.37. The summed E-state index contributed by atoms with van der Waals surface area (Å²) in [5, 5.41) is 0. The third-order valence-corrected chi connectivity index (χ3v) is 7.15. The molecule has 1 N–H and O–H groups in total. The Balaban J connectivity index is 2.28. The minimum Gasteiger partial charge on any atom is -0.249 e. The third-order valence-electron chi connectivity index (χ3n) is 3.45. The van der Waals surface area contributed by atoms with E-state index in [4.69, 9.17) is 0 Å². The Labute approximate surface area is 121 Å². The summed E-state index contributed by atoms with van der Waals surface area (Å²) in [4.78, 5) is 0. The van der Waals surface area contributed by atoms with Gasteiger partial charge in [-0.1, -0.05) is 35.0 Å². The van der Waals surface area contributed by atoms with Gasteiger partial charge in [-0.15, -0.1) is 0 Å². The van der Waals surface area contributed by atoms with Gasteiger partial charge in [-0.05, 0) is 30.4 Å². The molecule has 2 rings (SSSR count). The summed E-state index contributed by atoms with van der Waals surface area (Å²) in [5.74, 6) is 0.217. The molecule has 1 aromatic carbocycles. The highest BCUT2D eigenvalue weighted by atomic mass is 32.3. The molecule has 0 saturated heterocycles. The van der Waals surface area contributed by atoms with Crippen LogP contribution in [0.3, 0.4) is 0 Å². The lowest BCUT2D eigenvalue weighted by molar-refractivity contribution is 0.508. The summed E-state index contributed by atoms with van der Waals surface area (Å²) in [6, 6.07) is 7.53. The van der Waals surface area contributed by atoms with Crippen molar-refractivity contribution in [3.05, 3.63) is 35.4 Å². The van der Waals surface area contributed by atoms with Crippen molar-refractivity contribution in [1.82, 2.24) is 4.72 Å². The highest BCUT2D eigenvalue weighted by molar-refractivity contribution is 8.02. The molecule has 0 saturated carbocycles. The number of fused-ring (bicyclic) bond motifs is 1. The summed E-state index contributed by atoms with van der Waals surface area (Å²) < 4.78 is 42.0. The van der Waals surface area contributed by atoms with Gasteiger partial charge in [0.15, 0.2) is 0 Å². The highest BCUT2D eigenvalue weighted by Gasteiger charge is 2.24. The molecule has 0 fully saturated rings. The fraction of sp³-hybridized carbons (Fsp3) is 0.538. The van der Waals surface area contributed by atoms with Crippen LogP contribution in [0, 0.1) is 0 Å². The Morgan fingerprint density at radius 3 is 2.70 bits per heavy atom. The molecular formula is C13H20N2O3S2. The Morgan fingerprint density at radius 1 is 1.30 bits per heavy atom. The maximum atomic E-state index is 12.0. The quantitative estimate of drug-likeness (QED) is 0.923. The van der Waals surface area contributed by atoms with Crippen molar-refractivity contribution in [1.29, 1.82) is 0 Å². The Kier molecular flexibility index (Phi) is 4.51. The molecule has 1 aliphatic rings. The molecular weight excluding hydrogens is 296 g/mol. The summed E-state index contributed by atoms with van der Waals surface area (Å²) >= 11 is 0. The minimum absolute atomic E-state index is 0.217. The first-order chi connectivity index (χ1) is 9.33. The van der Waals surface area contributed by atoms with Crippen molar-refractivity contribution in [3.8, 4) is 0 Å². The largest absolute Gasteiger partial charge is 0.328 e. The van der Waals surface area contributed by atoms with Gasteiger partial charge in [-0.2, -0.15) is 13.1 Å². The summed E-state index contributed by atoms with van der Waals surface area (Å²) in [5.41, 5.74) is 2.16. The average molecular weight is 316 g/mol. The number of rotatable bonds is 4. The molecule has 7 heteroatoms. The first-order valence-corrected chi connectivity index (χ1v) is 10.2. The van der Waals surface area contributed by atoms with Crippen LogP contribution in [-0.2, 0) is 26.4 Å². The zero-order valence-electron chi connectivity index (χ0n) is 11.7. The smallest absolute Gasteiger partial charge is 0.249 e. The van der Waals surface area contributed by atoms with E-state index in [0.717, 1.165) is 24.8 Å². The van der Waals surface area contributed by atoms with Crippen molar-refractivity contribution in [3.63, 3.8) is 0 Å². The van der Waals surface area contributed by atoms with Crippen molar-refractivity contribution in [2.45, 2.75) is 32.2 Å². The number of aryl methyl sites for hydroxylation is 1. The van der Waals surface area contributed by atoms with Gasteiger partial charge in [-0.25, -0.2) is 4.21 Å². The minimum atomic E-state index is -3.89. The molecule has 0 radical (unpaired) electrons. The fourth-order valence-corrected chi connectivity index (χ4v) is 5.20. The lowest BCUT2D eigenvalue weighted by atomic mass is 9.88. The summed E-state index contributed by atoms with van der Waals surface area (Å²) in [7, 11) is -6.57. The van der Waals surface area contributed by atoms with Gasteiger partial charge >= 0.3 is 10.2 Å². The molecule has 1 aliphatic carbocycles. The molecule has 0 bridgehead atoms. The standard InChI is InChI=1S/C13H20N2O3S2/c1-3-19(2,16)15-20(17,18)14-13-10-6-8-11-7-4-5-9-12(11)13/h4-5,7,9,13-14H,3,6,8,10H2,1-2H3/t13-,19-/m1/s1. The fourth-order valence-electron chi connectivity index (χ4n) is 2.34. The predicted octanol–water partition coefficient (Wildman–Crippen LogP) is 2.02. The maximum absolute atomic E-state index is 12.0. The Bertz CT molecular complexity index is 704. The van der Waals surface area contributed by atoms with Crippen LogP contribution < -0.4 is 4.72 Å². The van der Waals surface area contributed by atoms with E-state index >= 15 is 0 Å². The van der Waals surface area contributed by atoms with Gasteiger partial charge < -0.3 is 0 Å². The van der Waals surface area contributed by atoms with Crippen molar-refractivity contribution >= 4 is 19.9 Å². The van der Waals surface area contributed by atoms with E-state index in [1.54, 1.807) is 6.92 Å². The molecule has 5 nitrogen and oxygen atoms in total. The van der Waals surface area contributed by atoms with Crippen LogP contribution in [0.4, 0.5) is 0 Å². The van der Waals surface area contributed by atoms with Gasteiger partial charge in [-0.3, -0.25) is 0 Å². The van der Waals surface area contributed by atoms with Gasteiger partial charge in [0.25, 0.3) is 0 Å². The zero-order chi connectivity index (χ0) is 14.8. The van der Waals surface area contributed by atoms with E-state index in [1.807, 2.05) is 24.3 Å². The maximum Gasteiger partial charge on any atom is 0.328 e. The molecule has 0 aliphatic heterocycles. The second kappa shape index (κ2) is 5.83. The van der Waals surface area contributed by atoms with E-state index in [2.05, 4.69) is 8.49 Å². The highest BCUT2D eigenvalue weighted by Crippen LogP contribution is 2.30. The lowest BCUT2D eigenvalue weighted by Crippen LogP contribution is -2.30. The Morgan fingerprint density at radius 2 is 2.00 bits per heavy atom. The van der Waals surface area contributed by atoms with E-state index in [1.165, 1.54) is 11.8 Å². The summed E-state index contributed by atoms with van der Waals surface area (Å²) in [6.45, 7) is 1.66. The van der Waals surface area contributed by atoms with Crippen LogP contribution in [0.1, 0.15) is 36.9 Å². The molecule has 0 unspecified atom stereocenters. The van der Waals surface area contributed by atoms with Gasteiger partial charge in [0, 0.05) is 18.1 Å². The first kappa shape index (κ1) is 15.5. The third kappa shape index (κ3) is 3.80. The zero-order valence-corrected chi connectivity index (χ0v) is 13.3. The van der Waals surface area contributed by atoms with Gasteiger partial charge in [0.05, 0.1) is 9.73 Å². The van der Waals surface area contributed by atoms with Crippen molar-refractivity contribution < 1.29 is 12.6 Å². The number of hydrogen-bond donors (Lipinski definition) is 1. The summed E-state index contributed by atoms with van der Waals surface area (Å²) in [6.07, 6.45) is 3.99. The normalized spacial score (nSPS) is 21.8. The van der Waals surface area contributed by atoms with Crippen LogP contribution >= 0.6 is 0 Å². The molecule has 0 amide bonds. The number of nitrogens with zero attached hydrogens (tertiary/aromatic N) is 1. The first-order valence-electron chi connectivity index (χ1n) is 6.64. The second-order valence-corrected chi connectivity index (χ2v) is 9.34. The molecule has 1 aromatic rings. The molecule has 112 valence electrons. The molecule has 0 aromatic heterocycles. The monoisotopic (exact) mass is 316 g/mol. The van der Waals surface area contributed by atoms with Gasteiger partial charge in [0.1, 0.15) is 0 Å². The van der Waals surface area contributed by atoms with Crippen molar-refractivity contribution in [2.24, 2.45) is 3.77 Å². The lowest BCUT2D eigenvalue weighted by Gasteiger charge is -2.25. The van der Waals surface area contributed by atoms with E-state index in [0.29, 0.717) is 0 Å². The van der Waals surface area contributed by atoms with Crippen LogP contribution in [-0.4, -0.2) is 24.6 Å². The van der Waals surface area contributed by atoms with Crippen molar-refractivity contribution in [2.75, 3.05) is 12.0 Å². The van der Waals surface area contributed by atoms with Crippen LogP contribution in [0.15, 0.2) is 28.0 Å². The number of benzene rings is 1. The van der Waals surface area contributed by atoms with Crippen LogP contribution in [0.5, 0.6) is 0 Å². The molecule has 0 spiro atoms. The molecule has 20 heavy (non-hydrogen) atoms. The van der Waals surface area contributed by atoms with Gasteiger partial charge in [0.2, 0.25) is 0 Å². The van der Waals surface area contributed by atoms with Crippen LogP contribution in [0.25, 0.3) is 0 Å². The topological polar surface area (TPSA) is 75.6 Å². The van der Waals surface area contributed by atoms with E-state index < -0.39 is 19.9 Å². The predicted molar refractivity (Wildman–Crippen MR) is 81.2 cm³/mol. The van der Waals surface area contributed by atoms with E-state index in [9.17, 15) is 12.6 Å². The molecule has 2 atom stereocenters. The van der Waals surface area contributed by atoms with E-state index in [-0.39, 0.29) is 11.8 Å². The SMILES string of the molecule is CC[S@@](C)(=O)=NS(=O)(=O)N[C@@H]1CCCc2ccccc21. The second-order valence-electron chi connectivity index (χ2n) is 5.06. The molecule has 0 heterocycles. The number of nitrogens with one attached hydrogen (secondary N) is 1. The number of hydrogen-bond acceptors (Lipinski definition) is 3. The Hall–Kier alpha value is -0.920.